The number of fused-ring (bicyclic) bond motifs is 9. The summed E-state index contributed by atoms with van der Waals surface area (Å²) in [6.07, 6.45) is 0. The molecule has 4 heteroatoms. The molecule has 0 bridgehead atoms. The summed E-state index contributed by atoms with van der Waals surface area (Å²) < 4.78 is 5.20. The first-order valence-electron chi connectivity index (χ1n) is 17.5. The average Bonchev–Trinajstić information content (AvgIpc) is 3.72. The van der Waals surface area contributed by atoms with Crippen molar-refractivity contribution in [3.8, 4) is 39.5 Å². The van der Waals surface area contributed by atoms with Crippen LogP contribution in [0.1, 0.15) is 25.0 Å². The lowest BCUT2D eigenvalue weighted by Crippen LogP contribution is -2.26. The largest absolute Gasteiger partial charge is 0.307 e. The highest BCUT2D eigenvalue weighted by molar-refractivity contribution is 7.26. The van der Waals surface area contributed by atoms with Crippen molar-refractivity contribution in [1.29, 1.82) is 0 Å². The molecule has 0 amide bonds. The molecule has 0 unspecified atom stereocenters. The van der Waals surface area contributed by atoms with E-state index in [0.717, 1.165) is 33.5 Å². The van der Waals surface area contributed by atoms with E-state index < -0.39 is 0 Å². The summed E-state index contributed by atoms with van der Waals surface area (Å²) in [5.41, 5.74) is 12.6. The molecule has 0 radical (unpaired) electrons. The van der Waals surface area contributed by atoms with Crippen molar-refractivity contribution < 1.29 is 0 Å². The van der Waals surface area contributed by atoms with Crippen molar-refractivity contribution in [2.24, 2.45) is 0 Å². The Morgan fingerprint density at radius 1 is 0.529 bits per heavy atom. The molecule has 0 atom stereocenters. The molecule has 1 aliphatic heterocycles. The van der Waals surface area contributed by atoms with Gasteiger partial charge in [-0.05, 0) is 69.4 Å². The molecule has 3 nitrogen and oxygen atoms in total. The van der Waals surface area contributed by atoms with Gasteiger partial charge >= 0.3 is 0 Å². The molecule has 3 aromatic heterocycles. The maximum absolute atomic E-state index is 5.37. The Labute approximate surface area is 299 Å². The number of hydrogen-bond acceptors (Lipinski definition) is 3. The molecule has 51 heavy (non-hydrogen) atoms. The van der Waals surface area contributed by atoms with E-state index in [1.165, 1.54) is 69.9 Å². The minimum Gasteiger partial charge on any atom is -0.307 e. The van der Waals surface area contributed by atoms with Crippen LogP contribution in [0.15, 0.2) is 152 Å². The van der Waals surface area contributed by atoms with Crippen LogP contribution in [0.4, 0.5) is 0 Å². The summed E-state index contributed by atoms with van der Waals surface area (Å²) in [7, 11) is 0. The van der Waals surface area contributed by atoms with Crippen LogP contribution < -0.4 is 0 Å². The third-order valence-electron chi connectivity index (χ3n) is 11.0. The Balaban J connectivity index is 1.12. The normalized spacial score (nSPS) is 13.5. The smallest absolute Gasteiger partial charge is 0.160 e. The zero-order valence-electron chi connectivity index (χ0n) is 28.2. The zero-order chi connectivity index (χ0) is 33.8. The first-order chi connectivity index (χ1) is 25.0. The van der Waals surface area contributed by atoms with Gasteiger partial charge in [0.25, 0.3) is 0 Å². The van der Waals surface area contributed by atoms with Crippen molar-refractivity contribution in [1.82, 2.24) is 14.5 Å². The van der Waals surface area contributed by atoms with Crippen LogP contribution in [0.5, 0.6) is 0 Å². The van der Waals surface area contributed by atoms with Crippen LogP contribution in [0.3, 0.4) is 0 Å². The van der Waals surface area contributed by atoms with Crippen molar-refractivity contribution >= 4 is 64.2 Å². The molecule has 0 aliphatic carbocycles. The monoisotopic (exact) mass is 669 g/mol. The minimum absolute atomic E-state index is 0.219. The van der Waals surface area contributed by atoms with Gasteiger partial charge in [-0.1, -0.05) is 129 Å². The van der Waals surface area contributed by atoms with E-state index in [9.17, 15) is 0 Å². The molecule has 7 aromatic carbocycles. The van der Waals surface area contributed by atoms with Gasteiger partial charge in [-0.15, -0.1) is 11.3 Å². The van der Waals surface area contributed by atoms with Gasteiger partial charge in [0.2, 0.25) is 0 Å². The lowest BCUT2D eigenvalue weighted by atomic mass is 9.74. The third kappa shape index (κ3) is 4.05. The van der Waals surface area contributed by atoms with E-state index in [4.69, 9.17) is 9.97 Å². The molecule has 0 fully saturated rings. The second-order valence-corrected chi connectivity index (χ2v) is 15.2. The van der Waals surface area contributed by atoms with Gasteiger partial charge in [-0.2, -0.15) is 0 Å². The molecule has 240 valence electrons. The summed E-state index contributed by atoms with van der Waals surface area (Å²) >= 11 is 1.90. The zero-order valence-corrected chi connectivity index (χ0v) is 29.0. The number of para-hydroxylation sites is 2. The Hall–Kier alpha value is -6.10. The number of thiophene rings is 1. The Bertz CT molecular complexity index is 3070. The Morgan fingerprint density at radius 2 is 1.25 bits per heavy atom. The van der Waals surface area contributed by atoms with Crippen molar-refractivity contribution in [3.63, 3.8) is 0 Å². The van der Waals surface area contributed by atoms with Gasteiger partial charge in [0.15, 0.2) is 5.82 Å². The Morgan fingerprint density at radius 3 is 2.18 bits per heavy atom. The number of nitrogens with zero attached hydrogens (tertiary/aromatic N) is 3. The fourth-order valence-electron chi connectivity index (χ4n) is 8.51. The summed E-state index contributed by atoms with van der Waals surface area (Å²) in [4.78, 5) is 10.6. The predicted octanol–water partition coefficient (Wildman–Crippen LogP) is 12.7. The lowest BCUT2D eigenvalue weighted by molar-refractivity contribution is 0.630. The molecule has 0 spiro atoms. The van der Waals surface area contributed by atoms with E-state index in [-0.39, 0.29) is 5.41 Å². The summed E-state index contributed by atoms with van der Waals surface area (Å²) in [6.45, 7) is 4.72. The lowest BCUT2D eigenvalue weighted by Gasteiger charge is -2.35. The van der Waals surface area contributed by atoms with Gasteiger partial charge < -0.3 is 4.57 Å². The highest BCUT2D eigenvalue weighted by Crippen LogP contribution is 2.51. The van der Waals surface area contributed by atoms with Crippen molar-refractivity contribution in [3.05, 3.63) is 163 Å². The number of hydrogen-bond donors (Lipinski definition) is 0. The van der Waals surface area contributed by atoms with Crippen molar-refractivity contribution in [2.45, 2.75) is 19.3 Å². The van der Waals surface area contributed by atoms with Gasteiger partial charge in [-0.25, -0.2) is 9.97 Å². The molecule has 0 saturated heterocycles. The van der Waals surface area contributed by atoms with Gasteiger partial charge in [0.1, 0.15) is 0 Å². The standard InChI is InChI=1S/C47H31N3S/c1-47(2)37-21-11-20-36-43(37)50(44-35-18-6-8-23-41(35)51-45(36)44)40-25-24-31(27-38(40)47)46-48-39-22-7-5-17-34(39)42(49-46)30-15-9-14-29(26-30)33-19-10-13-28-12-3-4-16-32(28)33/h3-27H,1-2H3. The first-order valence-corrected chi connectivity index (χ1v) is 18.3. The van der Waals surface area contributed by atoms with E-state index >= 15 is 0 Å². The molecule has 0 N–H and O–H groups in total. The topological polar surface area (TPSA) is 30.7 Å². The fraction of sp³-hybridized carbons (Fsp3) is 0.0638. The fourth-order valence-corrected chi connectivity index (χ4v) is 9.73. The summed E-state index contributed by atoms with van der Waals surface area (Å²) in [5, 5.41) is 6.17. The average molecular weight is 670 g/mol. The summed E-state index contributed by atoms with van der Waals surface area (Å²) in [5.74, 6) is 0.737. The van der Waals surface area contributed by atoms with E-state index in [1.807, 2.05) is 11.3 Å². The number of rotatable bonds is 3. The van der Waals surface area contributed by atoms with Crippen LogP contribution in [0.2, 0.25) is 0 Å². The van der Waals surface area contributed by atoms with E-state index in [0.29, 0.717) is 0 Å². The Kier molecular flexibility index (Phi) is 5.89. The SMILES string of the molecule is CC1(C)c2cc(-c3nc(-c4cccc(-c5cccc6ccccc56)c4)c4ccccc4n3)ccc2-n2c3c1cccc3c1sc3ccccc3c12. The van der Waals surface area contributed by atoms with Gasteiger partial charge in [0, 0.05) is 37.4 Å². The molecule has 10 aromatic rings. The predicted molar refractivity (Wildman–Crippen MR) is 215 cm³/mol. The molecular formula is C47H31N3S. The number of benzene rings is 7. The minimum atomic E-state index is -0.219. The quantitative estimate of drug-likeness (QED) is 0.187. The van der Waals surface area contributed by atoms with Crippen molar-refractivity contribution in [2.75, 3.05) is 0 Å². The van der Waals surface area contributed by atoms with Gasteiger partial charge in [-0.3, -0.25) is 0 Å². The molecule has 0 saturated carbocycles. The van der Waals surface area contributed by atoms with Gasteiger partial charge in [0.05, 0.1) is 32.6 Å². The van der Waals surface area contributed by atoms with Crippen LogP contribution in [-0.2, 0) is 5.41 Å². The molecule has 1 aliphatic rings. The van der Waals surface area contributed by atoms with E-state index in [2.05, 4.69) is 170 Å². The molecule has 11 rings (SSSR count). The molecular weight excluding hydrogens is 639 g/mol. The van der Waals surface area contributed by atoms with E-state index in [1.54, 1.807) is 0 Å². The third-order valence-corrected chi connectivity index (χ3v) is 12.2. The van der Waals surface area contributed by atoms with Crippen LogP contribution in [0.25, 0.3) is 92.3 Å². The second kappa shape index (κ2) is 10.5. The maximum atomic E-state index is 5.37. The van der Waals surface area contributed by atoms with Crippen LogP contribution >= 0.6 is 11.3 Å². The highest BCUT2D eigenvalue weighted by Gasteiger charge is 2.36. The van der Waals surface area contributed by atoms with Crippen LogP contribution in [-0.4, -0.2) is 14.5 Å². The second-order valence-electron chi connectivity index (χ2n) is 14.2. The maximum Gasteiger partial charge on any atom is 0.160 e. The highest BCUT2D eigenvalue weighted by atomic mass is 32.1. The van der Waals surface area contributed by atoms with Crippen LogP contribution in [0, 0.1) is 0 Å². The summed E-state index contributed by atoms with van der Waals surface area (Å²) in [6, 6.07) is 54.8. The number of aromatic nitrogens is 3. The molecule has 4 heterocycles. The first kappa shape index (κ1) is 28.7.